The molecule has 0 spiro atoms. The average Bonchev–Trinajstić information content (AvgIpc) is 2.31. The van der Waals surface area contributed by atoms with Gasteiger partial charge in [0.2, 0.25) is 6.49 Å². The Kier molecular flexibility index (Phi) is 3.04. The summed E-state index contributed by atoms with van der Waals surface area (Å²) in [6, 6.07) is 15.0. The van der Waals surface area contributed by atoms with E-state index in [2.05, 4.69) is 0 Å². The Morgan fingerprint density at radius 3 is 1.94 bits per heavy atom. The number of hydrogen-bond acceptors (Lipinski definition) is 2. The van der Waals surface area contributed by atoms with Crippen LogP contribution in [-0.4, -0.2) is 5.11 Å². The highest BCUT2D eigenvalue weighted by Crippen LogP contribution is 2.48. The van der Waals surface area contributed by atoms with Crippen LogP contribution in [0.3, 0.4) is 0 Å². The summed E-state index contributed by atoms with van der Waals surface area (Å²) in [5, 5.41) is 10.3. The van der Waals surface area contributed by atoms with Crippen LogP contribution >= 0.6 is 17.7 Å². The topological polar surface area (TPSA) is 37.3 Å². The summed E-state index contributed by atoms with van der Waals surface area (Å²) in [6.45, 7) is -3.06. The lowest BCUT2D eigenvalue weighted by Gasteiger charge is -2.10. The molecule has 2 rings (SSSR count). The maximum atomic E-state index is 12.4. The maximum Gasteiger partial charge on any atom is 0.225 e. The molecule has 0 fully saturated rings. The first-order valence-electron chi connectivity index (χ1n) is 4.75. The van der Waals surface area contributed by atoms with E-state index in [1.807, 2.05) is 6.07 Å². The summed E-state index contributed by atoms with van der Waals surface area (Å²) < 4.78 is 12.4. The molecule has 0 aliphatic rings. The maximum absolute atomic E-state index is 12.4. The smallest absolute Gasteiger partial charge is 0.225 e. The molecule has 1 unspecified atom stereocenters. The van der Waals surface area contributed by atoms with Gasteiger partial charge in [0.05, 0.1) is 0 Å². The molecule has 2 aromatic rings. The normalized spacial score (nSPS) is 14.3. The van der Waals surface area contributed by atoms with E-state index in [4.69, 9.17) is 16.3 Å². The van der Waals surface area contributed by atoms with E-state index >= 15 is 0 Å². The molecule has 16 heavy (non-hydrogen) atoms. The summed E-state index contributed by atoms with van der Waals surface area (Å²) in [7, 11) is 0. The number of rotatable bonds is 2. The Labute approximate surface area is 98.7 Å². The first kappa shape index (κ1) is 11.3. The van der Waals surface area contributed by atoms with Gasteiger partial charge in [0.15, 0.2) is 0 Å². The van der Waals surface area contributed by atoms with Crippen molar-refractivity contribution in [3.8, 4) is 5.75 Å². The van der Waals surface area contributed by atoms with Gasteiger partial charge in [0, 0.05) is 10.6 Å². The minimum Gasteiger partial charge on any atom is -0.508 e. The lowest BCUT2D eigenvalue weighted by molar-refractivity contribution is 0.475. The van der Waals surface area contributed by atoms with Crippen molar-refractivity contribution in [1.29, 1.82) is 0 Å². The van der Waals surface area contributed by atoms with Gasteiger partial charge in [-0.05, 0) is 35.5 Å². The molecule has 0 saturated carbocycles. The van der Waals surface area contributed by atoms with Crippen molar-refractivity contribution in [1.82, 2.24) is 0 Å². The third kappa shape index (κ3) is 2.13. The van der Waals surface area contributed by atoms with E-state index in [9.17, 15) is 4.57 Å². The van der Waals surface area contributed by atoms with Gasteiger partial charge in [-0.15, -0.1) is 0 Å². The van der Waals surface area contributed by atoms with E-state index in [1.54, 1.807) is 36.4 Å². The van der Waals surface area contributed by atoms with Crippen LogP contribution in [0.1, 0.15) is 0 Å². The van der Waals surface area contributed by atoms with E-state index in [0.29, 0.717) is 10.6 Å². The Balaban J connectivity index is 2.47. The largest absolute Gasteiger partial charge is 0.508 e. The standard InChI is InChI=1S/C12H10ClO2P/c13-16(15,11-4-2-1-3-5-11)12-8-6-10(14)7-9-12/h1-9,14H. The third-order valence-corrected chi connectivity index (χ3v) is 5.37. The highest BCUT2D eigenvalue weighted by atomic mass is 35.7. The summed E-state index contributed by atoms with van der Waals surface area (Å²) in [6.07, 6.45) is 0. The molecule has 0 radical (unpaired) electrons. The van der Waals surface area contributed by atoms with Crippen LogP contribution in [0.25, 0.3) is 0 Å². The molecule has 1 N–H and O–H groups in total. The second-order valence-corrected chi connectivity index (χ2v) is 6.91. The zero-order chi connectivity index (χ0) is 11.6. The van der Waals surface area contributed by atoms with Crippen molar-refractivity contribution in [2.24, 2.45) is 0 Å². The monoisotopic (exact) mass is 252 g/mol. The van der Waals surface area contributed by atoms with Crippen LogP contribution in [0.2, 0.25) is 0 Å². The number of halogens is 1. The third-order valence-electron chi connectivity index (χ3n) is 2.27. The lowest BCUT2D eigenvalue weighted by atomic mass is 10.3. The van der Waals surface area contributed by atoms with E-state index in [-0.39, 0.29) is 5.75 Å². The van der Waals surface area contributed by atoms with Crippen molar-refractivity contribution in [2.45, 2.75) is 0 Å². The first-order valence-corrected chi connectivity index (χ1v) is 7.37. The predicted octanol–water partition coefficient (Wildman–Crippen LogP) is 2.86. The quantitative estimate of drug-likeness (QED) is 0.835. The van der Waals surface area contributed by atoms with Gasteiger partial charge in [0.25, 0.3) is 0 Å². The average molecular weight is 253 g/mol. The molecule has 1 atom stereocenters. The zero-order valence-electron chi connectivity index (χ0n) is 8.38. The molecule has 0 amide bonds. The fourth-order valence-corrected chi connectivity index (χ4v) is 3.48. The summed E-state index contributed by atoms with van der Waals surface area (Å²) in [4.78, 5) is 0. The molecule has 4 heteroatoms. The molecule has 0 heterocycles. The van der Waals surface area contributed by atoms with Crippen LogP contribution in [0.4, 0.5) is 0 Å². The summed E-state index contributed by atoms with van der Waals surface area (Å²) in [5.74, 6) is 0.133. The number of hydrogen-bond donors (Lipinski definition) is 1. The Morgan fingerprint density at radius 2 is 1.38 bits per heavy atom. The minimum atomic E-state index is -3.06. The van der Waals surface area contributed by atoms with Gasteiger partial charge in [-0.25, -0.2) is 0 Å². The predicted molar refractivity (Wildman–Crippen MR) is 67.3 cm³/mol. The molecule has 82 valence electrons. The van der Waals surface area contributed by atoms with Gasteiger partial charge in [-0.1, -0.05) is 30.3 Å². The van der Waals surface area contributed by atoms with Crippen molar-refractivity contribution in [3.05, 3.63) is 54.6 Å². The fourth-order valence-electron chi connectivity index (χ4n) is 1.41. The second kappa shape index (κ2) is 4.32. The van der Waals surface area contributed by atoms with Crippen LogP contribution in [-0.2, 0) is 4.57 Å². The minimum absolute atomic E-state index is 0.133. The Hall–Kier alpha value is -1.24. The van der Waals surface area contributed by atoms with E-state index in [0.717, 1.165) is 0 Å². The van der Waals surface area contributed by atoms with Gasteiger partial charge >= 0.3 is 0 Å². The Morgan fingerprint density at radius 1 is 0.875 bits per heavy atom. The number of aromatic hydroxyl groups is 1. The molecule has 2 nitrogen and oxygen atoms in total. The van der Waals surface area contributed by atoms with Gasteiger partial charge in [-0.2, -0.15) is 0 Å². The van der Waals surface area contributed by atoms with Crippen LogP contribution in [0.5, 0.6) is 5.75 Å². The second-order valence-electron chi connectivity index (χ2n) is 3.38. The fraction of sp³-hybridized carbons (Fsp3) is 0. The van der Waals surface area contributed by atoms with E-state index in [1.165, 1.54) is 12.1 Å². The molecule has 0 saturated heterocycles. The molecule has 0 aliphatic carbocycles. The van der Waals surface area contributed by atoms with Crippen molar-refractivity contribution < 1.29 is 9.67 Å². The molecule has 0 bridgehead atoms. The van der Waals surface area contributed by atoms with Crippen LogP contribution < -0.4 is 10.6 Å². The zero-order valence-corrected chi connectivity index (χ0v) is 10.0. The number of phenolic OH excluding ortho intramolecular Hbond substituents is 1. The van der Waals surface area contributed by atoms with E-state index < -0.39 is 6.49 Å². The van der Waals surface area contributed by atoms with Crippen LogP contribution in [0, 0.1) is 0 Å². The van der Waals surface area contributed by atoms with Crippen molar-refractivity contribution >= 4 is 28.3 Å². The molecule has 0 aliphatic heterocycles. The Bertz CT molecular complexity index is 522. The lowest BCUT2D eigenvalue weighted by Crippen LogP contribution is -2.11. The van der Waals surface area contributed by atoms with Gasteiger partial charge < -0.3 is 5.11 Å². The highest BCUT2D eigenvalue weighted by molar-refractivity contribution is 8.00. The highest BCUT2D eigenvalue weighted by Gasteiger charge is 2.23. The molecular weight excluding hydrogens is 243 g/mol. The van der Waals surface area contributed by atoms with Gasteiger partial charge in [0.1, 0.15) is 5.75 Å². The first-order chi connectivity index (χ1) is 7.60. The SMILES string of the molecule is O=P(Cl)(c1ccccc1)c1ccc(O)cc1. The number of phenols is 1. The summed E-state index contributed by atoms with van der Waals surface area (Å²) >= 11 is 6.11. The molecule has 2 aromatic carbocycles. The molecule has 0 aromatic heterocycles. The van der Waals surface area contributed by atoms with Gasteiger partial charge in [-0.3, -0.25) is 4.57 Å². The van der Waals surface area contributed by atoms with Crippen LogP contribution in [0.15, 0.2) is 54.6 Å². The summed E-state index contributed by atoms with van der Waals surface area (Å²) in [5.41, 5.74) is 0. The number of benzene rings is 2. The molecular formula is C12H10ClO2P. The van der Waals surface area contributed by atoms with Crippen molar-refractivity contribution in [3.63, 3.8) is 0 Å². The van der Waals surface area contributed by atoms with Crippen molar-refractivity contribution in [2.75, 3.05) is 0 Å².